The molecule has 10 heteroatoms. The maximum absolute atomic E-state index is 12.2. The first-order valence-electron chi connectivity index (χ1n) is 7.34. The number of hydrogen-bond acceptors (Lipinski definition) is 8. The number of amides is 1. The first-order valence-corrected chi connectivity index (χ1v) is 10.4. The van der Waals surface area contributed by atoms with Crippen molar-refractivity contribution in [3.05, 3.63) is 43.3 Å². The summed E-state index contributed by atoms with van der Waals surface area (Å²) in [7, 11) is 1.76. The second-order valence-corrected chi connectivity index (χ2v) is 9.03. The zero-order chi connectivity index (χ0) is 17.8. The Morgan fingerprint density at radius 1 is 1.40 bits per heavy atom. The molecule has 1 amide bonds. The number of thiophene rings is 1. The summed E-state index contributed by atoms with van der Waals surface area (Å²) in [5.74, 6) is 0.735. The standard InChI is InChI=1S/C15H15ClN4O2S3/c1-9-17-10(7-23-9)5-13-18-19-15(22-13)24-8-14(21)20(2)6-11-3-4-12(16)25-11/h3-4,7H,5-6,8H2,1-2H3. The van der Waals surface area contributed by atoms with E-state index in [-0.39, 0.29) is 11.7 Å². The minimum Gasteiger partial charge on any atom is -0.416 e. The number of nitrogens with zero attached hydrogens (tertiary/aromatic N) is 4. The largest absolute Gasteiger partial charge is 0.416 e. The van der Waals surface area contributed by atoms with Crippen molar-refractivity contribution in [3.63, 3.8) is 0 Å². The van der Waals surface area contributed by atoms with Gasteiger partial charge in [-0.25, -0.2) is 4.98 Å². The van der Waals surface area contributed by atoms with Crippen LogP contribution in [0.15, 0.2) is 27.2 Å². The van der Waals surface area contributed by atoms with Crippen LogP contribution in [0.1, 0.15) is 21.5 Å². The van der Waals surface area contributed by atoms with E-state index < -0.39 is 0 Å². The van der Waals surface area contributed by atoms with Crippen LogP contribution in [0.5, 0.6) is 0 Å². The van der Waals surface area contributed by atoms with Crippen LogP contribution in [-0.2, 0) is 17.8 Å². The van der Waals surface area contributed by atoms with Crippen molar-refractivity contribution in [1.29, 1.82) is 0 Å². The van der Waals surface area contributed by atoms with Gasteiger partial charge in [0, 0.05) is 17.3 Å². The van der Waals surface area contributed by atoms with E-state index in [1.165, 1.54) is 23.1 Å². The molecule has 3 rings (SSSR count). The Morgan fingerprint density at radius 3 is 2.92 bits per heavy atom. The van der Waals surface area contributed by atoms with Gasteiger partial charge in [0.2, 0.25) is 11.8 Å². The molecule has 0 aliphatic carbocycles. The predicted octanol–water partition coefficient (Wildman–Crippen LogP) is 3.89. The highest BCUT2D eigenvalue weighted by Gasteiger charge is 2.14. The van der Waals surface area contributed by atoms with Crippen LogP contribution >= 0.6 is 46.0 Å². The highest BCUT2D eigenvalue weighted by molar-refractivity contribution is 7.99. The first kappa shape index (κ1) is 18.4. The number of aromatic nitrogens is 3. The summed E-state index contributed by atoms with van der Waals surface area (Å²) in [6.07, 6.45) is 0.505. The van der Waals surface area contributed by atoms with Crippen LogP contribution in [0.2, 0.25) is 4.34 Å². The number of carbonyl (C=O) groups excluding carboxylic acids is 1. The molecule has 0 bridgehead atoms. The summed E-state index contributed by atoms with van der Waals surface area (Å²) >= 11 is 10.2. The molecule has 0 aromatic carbocycles. The predicted molar refractivity (Wildman–Crippen MR) is 100 cm³/mol. The van der Waals surface area contributed by atoms with Crippen LogP contribution < -0.4 is 0 Å². The third-order valence-corrected chi connectivity index (χ3v) is 6.06. The van der Waals surface area contributed by atoms with E-state index in [9.17, 15) is 4.79 Å². The topological polar surface area (TPSA) is 72.1 Å². The lowest BCUT2D eigenvalue weighted by Crippen LogP contribution is -2.27. The Morgan fingerprint density at radius 2 is 2.24 bits per heavy atom. The van der Waals surface area contributed by atoms with E-state index >= 15 is 0 Å². The summed E-state index contributed by atoms with van der Waals surface area (Å²) in [6.45, 7) is 2.49. The summed E-state index contributed by atoms with van der Waals surface area (Å²) in [5, 5.41) is 11.3. The lowest BCUT2D eigenvalue weighted by atomic mass is 10.3. The van der Waals surface area contributed by atoms with E-state index in [0.29, 0.717) is 24.1 Å². The number of thioether (sulfide) groups is 1. The van der Waals surface area contributed by atoms with Crippen molar-refractivity contribution in [3.8, 4) is 0 Å². The van der Waals surface area contributed by atoms with Gasteiger partial charge in [-0.2, -0.15) is 0 Å². The van der Waals surface area contributed by atoms with Gasteiger partial charge in [0.05, 0.1) is 33.8 Å². The number of rotatable bonds is 7. The van der Waals surface area contributed by atoms with Crippen LogP contribution in [-0.4, -0.2) is 38.8 Å². The van der Waals surface area contributed by atoms with Crippen LogP contribution in [0.25, 0.3) is 0 Å². The molecule has 3 aromatic rings. The summed E-state index contributed by atoms with van der Waals surface area (Å²) in [6, 6.07) is 3.76. The lowest BCUT2D eigenvalue weighted by molar-refractivity contribution is -0.127. The number of carbonyl (C=O) groups is 1. The summed E-state index contributed by atoms with van der Waals surface area (Å²) in [5.41, 5.74) is 0.910. The molecule has 25 heavy (non-hydrogen) atoms. The molecule has 0 aliphatic heterocycles. The quantitative estimate of drug-likeness (QED) is 0.546. The molecular weight excluding hydrogens is 400 g/mol. The smallest absolute Gasteiger partial charge is 0.277 e. The van der Waals surface area contributed by atoms with Gasteiger partial charge in [-0.1, -0.05) is 23.4 Å². The van der Waals surface area contributed by atoms with Gasteiger partial charge in [0.15, 0.2) is 0 Å². The maximum Gasteiger partial charge on any atom is 0.277 e. The summed E-state index contributed by atoms with van der Waals surface area (Å²) in [4.78, 5) is 19.3. The first-order chi connectivity index (χ1) is 12.0. The van der Waals surface area contributed by atoms with Crippen molar-refractivity contribution in [2.24, 2.45) is 0 Å². The molecule has 3 aromatic heterocycles. The molecule has 0 radical (unpaired) electrons. The van der Waals surface area contributed by atoms with Gasteiger partial charge >= 0.3 is 0 Å². The lowest BCUT2D eigenvalue weighted by Gasteiger charge is -2.15. The molecule has 0 fully saturated rings. The Kier molecular flexibility index (Phi) is 6.10. The van der Waals surface area contributed by atoms with Gasteiger partial charge in [0.25, 0.3) is 5.22 Å². The zero-order valence-corrected chi connectivity index (χ0v) is 16.8. The Bertz CT molecular complexity index is 860. The average molecular weight is 415 g/mol. The minimum atomic E-state index is -0.00982. The van der Waals surface area contributed by atoms with Crippen molar-refractivity contribution < 1.29 is 9.21 Å². The third kappa shape index (κ3) is 5.27. The van der Waals surface area contributed by atoms with E-state index in [2.05, 4.69) is 15.2 Å². The van der Waals surface area contributed by atoms with Crippen LogP contribution in [0, 0.1) is 6.92 Å². The molecular formula is C15H15ClN4O2S3. The van der Waals surface area contributed by atoms with Gasteiger partial charge in [-0.15, -0.1) is 32.9 Å². The fourth-order valence-corrected chi connectivity index (χ4v) is 4.48. The average Bonchev–Trinajstić information content (AvgIpc) is 3.28. The van der Waals surface area contributed by atoms with Crippen LogP contribution in [0.4, 0.5) is 0 Å². The molecule has 0 spiro atoms. The van der Waals surface area contributed by atoms with Gasteiger partial charge in [-0.05, 0) is 19.1 Å². The Labute approximate surface area is 162 Å². The zero-order valence-electron chi connectivity index (χ0n) is 13.6. The van der Waals surface area contributed by atoms with E-state index in [4.69, 9.17) is 16.0 Å². The van der Waals surface area contributed by atoms with Crippen molar-refractivity contribution >= 4 is 51.9 Å². The second-order valence-electron chi connectivity index (χ2n) is 5.24. The summed E-state index contributed by atoms with van der Waals surface area (Å²) < 4.78 is 6.29. The highest BCUT2D eigenvalue weighted by atomic mass is 35.5. The molecule has 0 unspecified atom stereocenters. The minimum absolute atomic E-state index is 0.00982. The molecule has 0 atom stereocenters. The SMILES string of the molecule is Cc1nc(Cc2nnc(SCC(=O)N(C)Cc3ccc(Cl)s3)o2)cs1. The molecule has 0 saturated carbocycles. The maximum atomic E-state index is 12.2. The molecule has 6 nitrogen and oxygen atoms in total. The van der Waals surface area contributed by atoms with Gasteiger partial charge in [0.1, 0.15) is 0 Å². The van der Waals surface area contributed by atoms with Gasteiger partial charge < -0.3 is 9.32 Å². The fourth-order valence-electron chi connectivity index (χ4n) is 2.00. The van der Waals surface area contributed by atoms with Crippen molar-refractivity contribution in [2.45, 2.75) is 25.1 Å². The van der Waals surface area contributed by atoms with E-state index in [1.54, 1.807) is 23.3 Å². The normalized spacial score (nSPS) is 11.0. The Balaban J connectivity index is 1.48. The number of thiazole rings is 1. The molecule has 3 heterocycles. The third-order valence-electron chi connectivity index (χ3n) is 3.21. The van der Waals surface area contributed by atoms with E-state index in [1.807, 2.05) is 24.4 Å². The fraction of sp³-hybridized carbons (Fsp3) is 0.333. The Hall–Kier alpha value is -1.42. The second kappa shape index (κ2) is 8.31. The van der Waals surface area contributed by atoms with E-state index in [0.717, 1.165) is 19.9 Å². The number of aryl methyl sites for hydroxylation is 1. The molecule has 132 valence electrons. The van der Waals surface area contributed by atoms with Crippen LogP contribution in [0.3, 0.4) is 0 Å². The highest BCUT2D eigenvalue weighted by Crippen LogP contribution is 2.23. The number of hydrogen-bond donors (Lipinski definition) is 0. The van der Waals surface area contributed by atoms with Gasteiger partial charge in [-0.3, -0.25) is 4.79 Å². The molecule has 0 saturated heterocycles. The van der Waals surface area contributed by atoms with Crippen molar-refractivity contribution in [1.82, 2.24) is 20.1 Å². The van der Waals surface area contributed by atoms with Crippen molar-refractivity contribution in [2.75, 3.05) is 12.8 Å². The number of halogens is 1. The molecule has 0 aliphatic rings. The monoisotopic (exact) mass is 414 g/mol. The molecule has 0 N–H and O–H groups in total.